The Hall–Kier alpha value is -0.410. The minimum Gasteiger partial charge on any atom is -0.312 e. The van der Waals surface area contributed by atoms with E-state index in [1.54, 1.807) is 11.3 Å². The molecule has 17 heavy (non-hydrogen) atoms. The zero-order valence-corrected chi connectivity index (χ0v) is 12.8. The van der Waals surface area contributed by atoms with E-state index in [4.69, 9.17) is 0 Å². The predicted octanol–water partition coefficient (Wildman–Crippen LogP) is 3.74. The second-order valence-corrected chi connectivity index (χ2v) is 7.84. The molecule has 1 heterocycles. The average Bonchev–Trinajstić information content (AvgIpc) is 2.60. The number of nitrogens with one attached hydrogen (secondary N) is 1. The Balaban J connectivity index is 2.62. The molecule has 3 heteroatoms. The van der Waals surface area contributed by atoms with Crippen molar-refractivity contribution in [2.24, 2.45) is 11.3 Å². The molecule has 1 atom stereocenters. The van der Waals surface area contributed by atoms with Crippen LogP contribution < -0.4 is 5.32 Å². The van der Waals surface area contributed by atoms with E-state index in [1.165, 1.54) is 4.88 Å². The maximum absolute atomic E-state index is 4.16. The highest BCUT2D eigenvalue weighted by Gasteiger charge is 2.26. The lowest BCUT2D eigenvalue weighted by molar-refractivity contribution is 0.215. The van der Waals surface area contributed by atoms with Crippen molar-refractivity contribution < 1.29 is 0 Å². The van der Waals surface area contributed by atoms with Gasteiger partial charge in [0.25, 0.3) is 0 Å². The van der Waals surface area contributed by atoms with Gasteiger partial charge >= 0.3 is 0 Å². The third-order valence-electron chi connectivity index (χ3n) is 3.03. The Kier molecular flexibility index (Phi) is 4.73. The summed E-state index contributed by atoms with van der Waals surface area (Å²) < 4.78 is 0. The molecule has 0 saturated heterocycles. The molecule has 1 aromatic heterocycles. The molecule has 0 saturated carbocycles. The largest absolute Gasteiger partial charge is 0.312 e. The van der Waals surface area contributed by atoms with Crippen LogP contribution in [-0.2, 0) is 6.42 Å². The Morgan fingerprint density at radius 3 is 2.29 bits per heavy atom. The van der Waals surface area contributed by atoms with Crippen molar-refractivity contribution in [3.8, 4) is 0 Å². The van der Waals surface area contributed by atoms with Crippen LogP contribution in [0.25, 0.3) is 0 Å². The van der Waals surface area contributed by atoms with Gasteiger partial charge in [-0.2, -0.15) is 0 Å². The molecule has 1 N–H and O–H groups in total. The number of nitrogens with zero attached hydrogens (tertiary/aromatic N) is 1. The van der Waals surface area contributed by atoms with Crippen molar-refractivity contribution in [3.63, 3.8) is 0 Å². The zero-order chi connectivity index (χ0) is 13.1. The number of aromatic nitrogens is 1. The second kappa shape index (κ2) is 5.49. The van der Waals surface area contributed by atoms with Gasteiger partial charge in [-0.25, -0.2) is 0 Å². The van der Waals surface area contributed by atoms with E-state index in [0.717, 1.165) is 13.0 Å². The van der Waals surface area contributed by atoms with Gasteiger partial charge in [0.05, 0.1) is 5.51 Å². The molecule has 0 spiro atoms. The van der Waals surface area contributed by atoms with Crippen LogP contribution in [0.5, 0.6) is 0 Å². The maximum atomic E-state index is 4.16. The Morgan fingerprint density at radius 1 is 1.24 bits per heavy atom. The van der Waals surface area contributed by atoms with E-state index < -0.39 is 0 Å². The standard InChI is InChI=1S/C14H26N2S/c1-13(2,3)11(8-16-14(4,5)6)7-12-9-15-10-17-12/h9-11,16H,7-8H2,1-6H3. The van der Waals surface area contributed by atoms with E-state index in [1.807, 2.05) is 11.7 Å². The molecule has 0 aliphatic carbocycles. The molecule has 0 radical (unpaired) electrons. The van der Waals surface area contributed by atoms with Gasteiger partial charge in [-0.05, 0) is 45.1 Å². The summed E-state index contributed by atoms with van der Waals surface area (Å²) in [6.45, 7) is 14.7. The smallest absolute Gasteiger partial charge is 0.0794 e. The van der Waals surface area contributed by atoms with Gasteiger partial charge in [-0.3, -0.25) is 4.98 Å². The number of hydrogen-bond donors (Lipinski definition) is 1. The molecule has 0 aromatic carbocycles. The van der Waals surface area contributed by atoms with Crippen molar-refractivity contribution in [3.05, 3.63) is 16.6 Å². The fourth-order valence-corrected chi connectivity index (χ4v) is 2.38. The van der Waals surface area contributed by atoms with Crippen molar-refractivity contribution in [1.82, 2.24) is 10.3 Å². The van der Waals surface area contributed by atoms with Crippen LogP contribution in [-0.4, -0.2) is 17.1 Å². The molecule has 2 nitrogen and oxygen atoms in total. The average molecular weight is 254 g/mol. The first-order valence-corrected chi connectivity index (χ1v) is 7.19. The Bertz CT molecular complexity index is 317. The minimum absolute atomic E-state index is 0.192. The van der Waals surface area contributed by atoms with Crippen LogP contribution >= 0.6 is 11.3 Å². The summed E-state index contributed by atoms with van der Waals surface area (Å²) in [6.07, 6.45) is 3.12. The van der Waals surface area contributed by atoms with E-state index in [0.29, 0.717) is 11.3 Å². The number of rotatable bonds is 4. The van der Waals surface area contributed by atoms with E-state index in [-0.39, 0.29) is 5.54 Å². The lowest BCUT2D eigenvalue weighted by atomic mass is 9.78. The number of hydrogen-bond acceptors (Lipinski definition) is 3. The summed E-state index contributed by atoms with van der Waals surface area (Å²) in [6, 6.07) is 0. The maximum Gasteiger partial charge on any atom is 0.0794 e. The fraction of sp³-hybridized carbons (Fsp3) is 0.786. The third-order valence-corrected chi connectivity index (χ3v) is 3.84. The molecular weight excluding hydrogens is 228 g/mol. The van der Waals surface area contributed by atoms with E-state index in [2.05, 4.69) is 51.8 Å². The molecule has 0 fully saturated rings. The van der Waals surface area contributed by atoms with Crippen LogP contribution in [0.2, 0.25) is 0 Å². The first kappa shape index (κ1) is 14.7. The van der Waals surface area contributed by atoms with E-state index >= 15 is 0 Å². The highest BCUT2D eigenvalue weighted by Crippen LogP contribution is 2.29. The lowest BCUT2D eigenvalue weighted by Gasteiger charge is -2.33. The summed E-state index contributed by atoms with van der Waals surface area (Å²) in [5, 5.41) is 3.63. The molecule has 0 aliphatic rings. The van der Waals surface area contributed by atoms with Crippen LogP contribution in [0.4, 0.5) is 0 Å². The topological polar surface area (TPSA) is 24.9 Å². The van der Waals surface area contributed by atoms with Gasteiger partial charge in [0.2, 0.25) is 0 Å². The summed E-state index contributed by atoms with van der Waals surface area (Å²) in [5.74, 6) is 0.641. The summed E-state index contributed by atoms with van der Waals surface area (Å²) in [4.78, 5) is 5.55. The fourth-order valence-electron chi connectivity index (χ4n) is 1.70. The SMILES string of the molecule is CC(C)(C)NCC(Cc1cncs1)C(C)(C)C. The van der Waals surface area contributed by atoms with Crippen LogP contribution in [0.3, 0.4) is 0 Å². The highest BCUT2D eigenvalue weighted by atomic mass is 32.1. The molecule has 1 unspecified atom stereocenters. The van der Waals surface area contributed by atoms with Gasteiger partial charge in [-0.1, -0.05) is 20.8 Å². The zero-order valence-electron chi connectivity index (χ0n) is 12.0. The van der Waals surface area contributed by atoms with Crippen molar-refractivity contribution in [1.29, 1.82) is 0 Å². The van der Waals surface area contributed by atoms with Crippen molar-refractivity contribution in [2.75, 3.05) is 6.54 Å². The van der Waals surface area contributed by atoms with Gasteiger partial charge in [0, 0.05) is 16.6 Å². The van der Waals surface area contributed by atoms with Crippen molar-refractivity contribution >= 4 is 11.3 Å². The van der Waals surface area contributed by atoms with Crippen LogP contribution in [0, 0.1) is 11.3 Å². The molecule has 0 bridgehead atoms. The second-order valence-electron chi connectivity index (χ2n) is 6.87. The summed E-state index contributed by atoms with van der Waals surface area (Å²) >= 11 is 1.76. The lowest BCUT2D eigenvalue weighted by Crippen LogP contribution is -2.42. The third kappa shape index (κ3) is 5.64. The normalized spacial score (nSPS) is 14.9. The first-order chi connectivity index (χ1) is 7.68. The molecule has 0 amide bonds. The molecule has 1 aromatic rings. The van der Waals surface area contributed by atoms with E-state index in [9.17, 15) is 0 Å². The molecule has 1 rings (SSSR count). The summed E-state index contributed by atoms with van der Waals surface area (Å²) in [7, 11) is 0. The number of thiazole rings is 1. The van der Waals surface area contributed by atoms with Gasteiger partial charge < -0.3 is 5.32 Å². The minimum atomic E-state index is 0.192. The molecule has 0 aliphatic heterocycles. The monoisotopic (exact) mass is 254 g/mol. The Labute approximate surface area is 110 Å². The quantitative estimate of drug-likeness (QED) is 0.885. The highest BCUT2D eigenvalue weighted by molar-refractivity contribution is 7.09. The van der Waals surface area contributed by atoms with Gasteiger partial charge in [0.1, 0.15) is 0 Å². The first-order valence-electron chi connectivity index (χ1n) is 6.31. The van der Waals surface area contributed by atoms with Crippen LogP contribution in [0.1, 0.15) is 46.4 Å². The summed E-state index contributed by atoms with van der Waals surface area (Å²) in [5.41, 5.74) is 2.44. The van der Waals surface area contributed by atoms with Crippen molar-refractivity contribution in [2.45, 2.75) is 53.5 Å². The van der Waals surface area contributed by atoms with Gasteiger partial charge in [0.15, 0.2) is 0 Å². The molecular formula is C14H26N2S. The van der Waals surface area contributed by atoms with Gasteiger partial charge in [-0.15, -0.1) is 11.3 Å². The Morgan fingerprint density at radius 2 is 1.88 bits per heavy atom. The van der Waals surface area contributed by atoms with Crippen LogP contribution in [0.15, 0.2) is 11.7 Å². The predicted molar refractivity (Wildman–Crippen MR) is 76.5 cm³/mol. The molecule has 98 valence electrons.